The van der Waals surface area contributed by atoms with Crippen LogP contribution >= 0.6 is 11.3 Å². The molecule has 2 aromatic heterocycles. The van der Waals surface area contributed by atoms with Crippen LogP contribution in [0.2, 0.25) is 0 Å². The van der Waals surface area contributed by atoms with E-state index in [2.05, 4.69) is 22.5 Å². The largest absolute Gasteiger partial charge is 0.158 e. The molecule has 0 atom stereocenters. The van der Waals surface area contributed by atoms with E-state index in [-0.39, 0.29) is 0 Å². The van der Waals surface area contributed by atoms with Crippen LogP contribution in [-0.2, 0) is 0 Å². The topological polar surface area (TPSA) is 25.8 Å². The quantitative estimate of drug-likeness (QED) is 0.574. The first-order valence-electron chi connectivity index (χ1n) is 3.02. The van der Waals surface area contributed by atoms with E-state index >= 15 is 0 Å². The summed E-state index contributed by atoms with van der Waals surface area (Å²) in [6.07, 6.45) is 3.61. The molecule has 0 unspecified atom stereocenters. The summed E-state index contributed by atoms with van der Waals surface area (Å²) >= 11 is 1.71. The fourth-order valence-electron chi connectivity index (χ4n) is 0.915. The SMILES string of the molecule is Cc1csc2cnncc12. The third kappa shape index (κ3) is 0.708. The Balaban J connectivity index is 2.93. The van der Waals surface area contributed by atoms with E-state index in [0.717, 1.165) is 0 Å². The smallest absolute Gasteiger partial charge is 0.0674 e. The molecule has 50 valence electrons. The van der Waals surface area contributed by atoms with E-state index < -0.39 is 0 Å². The Morgan fingerprint density at radius 3 is 2.90 bits per heavy atom. The van der Waals surface area contributed by atoms with E-state index in [1.54, 1.807) is 23.7 Å². The predicted octanol–water partition coefficient (Wildman–Crippen LogP) is 2.00. The van der Waals surface area contributed by atoms with Crippen LogP contribution in [0.1, 0.15) is 5.56 Å². The van der Waals surface area contributed by atoms with Crippen molar-refractivity contribution in [2.45, 2.75) is 6.92 Å². The van der Waals surface area contributed by atoms with Gasteiger partial charge in [-0.1, -0.05) is 0 Å². The molecular formula is C7H6N2S. The molecule has 0 fully saturated rings. The monoisotopic (exact) mass is 150 g/mol. The third-order valence-corrected chi connectivity index (χ3v) is 2.53. The van der Waals surface area contributed by atoms with Crippen molar-refractivity contribution in [3.05, 3.63) is 23.3 Å². The molecule has 2 nitrogen and oxygen atoms in total. The minimum Gasteiger partial charge on any atom is -0.158 e. The number of fused-ring (bicyclic) bond motifs is 1. The Labute approximate surface area is 62.5 Å². The van der Waals surface area contributed by atoms with Crippen molar-refractivity contribution in [2.24, 2.45) is 0 Å². The maximum absolute atomic E-state index is 3.80. The van der Waals surface area contributed by atoms with Crippen molar-refractivity contribution in [3.63, 3.8) is 0 Å². The highest BCUT2D eigenvalue weighted by Crippen LogP contribution is 2.22. The van der Waals surface area contributed by atoms with Gasteiger partial charge in [0.2, 0.25) is 0 Å². The van der Waals surface area contributed by atoms with E-state index in [0.29, 0.717) is 0 Å². The van der Waals surface area contributed by atoms with E-state index in [4.69, 9.17) is 0 Å². The second kappa shape index (κ2) is 2.02. The average molecular weight is 150 g/mol. The second-order valence-electron chi connectivity index (χ2n) is 2.19. The predicted molar refractivity (Wildman–Crippen MR) is 42.2 cm³/mol. The maximum Gasteiger partial charge on any atom is 0.0674 e. The van der Waals surface area contributed by atoms with Crippen molar-refractivity contribution in [3.8, 4) is 0 Å². The van der Waals surface area contributed by atoms with Crippen LogP contribution in [-0.4, -0.2) is 10.2 Å². The second-order valence-corrected chi connectivity index (χ2v) is 3.10. The van der Waals surface area contributed by atoms with Crippen LogP contribution in [0.5, 0.6) is 0 Å². The summed E-state index contributed by atoms with van der Waals surface area (Å²) in [5, 5.41) is 10.9. The Hall–Kier alpha value is -0.960. The summed E-state index contributed by atoms with van der Waals surface area (Å²) in [5.74, 6) is 0. The normalized spacial score (nSPS) is 10.5. The van der Waals surface area contributed by atoms with Gasteiger partial charge in [0.25, 0.3) is 0 Å². The van der Waals surface area contributed by atoms with Gasteiger partial charge in [0.15, 0.2) is 0 Å². The molecule has 0 aliphatic heterocycles. The number of aryl methyl sites for hydroxylation is 1. The van der Waals surface area contributed by atoms with Gasteiger partial charge in [-0.3, -0.25) is 0 Å². The first-order chi connectivity index (χ1) is 4.88. The Morgan fingerprint density at radius 1 is 1.30 bits per heavy atom. The Bertz CT molecular complexity index is 353. The molecule has 0 saturated carbocycles. The lowest BCUT2D eigenvalue weighted by molar-refractivity contribution is 1.05. The van der Waals surface area contributed by atoms with E-state index in [9.17, 15) is 0 Å². The first-order valence-corrected chi connectivity index (χ1v) is 3.90. The van der Waals surface area contributed by atoms with Crippen molar-refractivity contribution in [1.29, 1.82) is 0 Å². The van der Waals surface area contributed by atoms with Gasteiger partial charge in [0, 0.05) is 5.39 Å². The lowest BCUT2D eigenvalue weighted by Crippen LogP contribution is -1.75. The van der Waals surface area contributed by atoms with Gasteiger partial charge in [0.1, 0.15) is 0 Å². The highest BCUT2D eigenvalue weighted by Gasteiger charge is 1.97. The first kappa shape index (κ1) is 5.80. The molecule has 2 aromatic rings. The molecule has 0 radical (unpaired) electrons. The molecule has 2 heterocycles. The van der Waals surface area contributed by atoms with Gasteiger partial charge in [-0.05, 0) is 17.9 Å². The molecule has 3 heteroatoms. The molecule has 0 spiro atoms. The van der Waals surface area contributed by atoms with Gasteiger partial charge in [-0.2, -0.15) is 10.2 Å². The van der Waals surface area contributed by atoms with Crippen LogP contribution in [0, 0.1) is 6.92 Å². The minimum absolute atomic E-state index is 1.22. The standard InChI is InChI=1S/C7H6N2S/c1-5-4-10-7-3-9-8-2-6(5)7/h2-4H,1H3. The molecule has 0 N–H and O–H groups in total. The van der Waals surface area contributed by atoms with Crippen molar-refractivity contribution in [1.82, 2.24) is 10.2 Å². The fourth-order valence-corrected chi connectivity index (χ4v) is 1.79. The van der Waals surface area contributed by atoms with Crippen LogP contribution in [0.3, 0.4) is 0 Å². The number of hydrogen-bond donors (Lipinski definition) is 0. The van der Waals surface area contributed by atoms with Crippen LogP contribution in [0.4, 0.5) is 0 Å². The van der Waals surface area contributed by atoms with Crippen LogP contribution in [0.15, 0.2) is 17.8 Å². The summed E-state index contributed by atoms with van der Waals surface area (Å²) in [6.45, 7) is 2.08. The number of rotatable bonds is 0. The molecule has 0 bridgehead atoms. The Morgan fingerprint density at radius 2 is 2.10 bits per heavy atom. The summed E-state index contributed by atoms with van der Waals surface area (Å²) in [4.78, 5) is 0. The molecule has 2 rings (SSSR count). The zero-order valence-electron chi connectivity index (χ0n) is 5.53. The van der Waals surface area contributed by atoms with E-state index in [1.807, 2.05) is 0 Å². The molecule has 0 amide bonds. The lowest BCUT2D eigenvalue weighted by atomic mass is 10.3. The van der Waals surface area contributed by atoms with Crippen molar-refractivity contribution >= 4 is 21.4 Å². The molecule has 10 heavy (non-hydrogen) atoms. The highest BCUT2D eigenvalue weighted by atomic mass is 32.1. The number of nitrogens with zero attached hydrogens (tertiary/aromatic N) is 2. The minimum atomic E-state index is 1.22. The summed E-state index contributed by atoms with van der Waals surface area (Å²) in [7, 11) is 0. The summed E-state index contributed by atoms with van der Waals surface area (Å²) in [6, 6.07) is 0. The average Bonchev–Trinajstić information content (AvgIpc) is 2.34. The number of thiophene rings is 1. The van der Waals surface area contributed by atoms with Gasteiger partial charge in [-0.15, -0.1) is 11.3 Å². The van der Waals surface area contributed by atoms with Gasteiger partial charge in [-0.25, -0.2) is 0 Å². The number of aromatic nitrogens is 2. The summed E-state index contributed by atoms with van der Waals surface area (Å²) < 4.78 is 1.22. The molecule has 0 saturated heterocycles. The highest BCUT2D eigenvalue weighted by molar-refractivity contribution is 7.17. The van der Waals surface area contributed by atoms with Crippen LogP contribution < -0.4 is 0 Å². The molecular weight excluding hydrogens is 144 g/mol. The van der Waals surface area contributed by atoms with Crippen molar-refractivity contribution < 1.29 is 0 Å². The molecule has 0 aromatic carbocycles. The van der Waals surface area contributed by atoms with Gasteiger partial charge >= 0.3 is 0 Å². The zero-order valence-corrected chi connectivity index (χ0v) is 6.35. The van der Waals surface area contributed by atoms with Gasteiger partial charge < -0.3 is 0 Å². The fraction of sp³-hybridized carbons (Fsp3) is 0.143. The molecule has 0 aliphatic carbocycles. The lowest BCUT2D eigenvalue weighted by Gasteiger charge is -1.85. The zero-order chi connectivity index (χ0) is 6.97. The Kier molecular flexibility index (Phi) is 1.17. The molecule has 0 aliphatic rings. The van der Waals surface area contributed by atoms with Gasteiger partial charge in [0.05, 0.1) is 17.1 Å². The van der Waals surface area contributed by atoms with Crippen LogP contribution in [0.25, 0.3) is 10.1 Å². The number of hydrogen-bond acceptors (Lipinski definition) is 3. The summed E-state index contributed by atoms with van der Waals surface area (Å²) in [5.41, 5.74) is 1.29. The van der Waals surface area contributed by atoms with E-state index in [1.165, 1.54) is 15.6 Å². The maximum atomic E-state index is 3.80. The van der Waals surface area contributed by atoms with Crippen molar-refractivity contribution in [2.75, 3.05) is 0 Å². The third-order valence-electron chi connectivity index (χ3n) is 1.48.